The normalized spacial score (nSPS) is 13.9. The number of carbonyl (C=O) groups is 1. The average Bonchev–Trinajstić information content (AvgIpc) is 2.44. The Labute approximate surface area is 111 Å². The Bertz CT molecular complexity index is 435. The zero-order valence-corrected chi connectivity index (χ0v) is 11.0. The van der Waals surface area contributed by atoms with Crippen LogP contribution >= 0.6 is 0 Å². The molecule has 6 nitrogen and oxygen atoms in total. The van der Waals surface area contributed by atoms with Crippen LogP contribution in [-0.4, -0.2) is 48.4 Å². The van der Waals surface area contributed by atoms with E-state index in [2.05, 4.69) is 5.32 Å². The Balaban J connectivity index is 3.06. The van der Waals surface area contributed by atoms with Crippen molar-refractivity contribution >= 4 is 6.29 Å². The van der Waals surface area contributed by atoms with E-state index in [1.54, 1.807) is 7.05 Å². The van der Waals surface area contributed by atoms with E-state index >= 15 is 0 Å². The second kappa shape index (κ2) is 7.08. The van der Waals surface area contributed by atoms with Crippen LogP contribution in [0.1, 0.15) is 28.4 Å². The molecular formula is C13H19NO5. The number of phenolic OH excluding ortho intramolecular Hbond substituents is 1. The van der Waals surface area contributed by atoms with Crippen molar-refractivity contribution in [2.75, 3.05) is 20.7 Å². The quantitative estimate of drug-likeness (QED) is 0.528. The zero-order chi connectivity index (χ0) is 14.4. The molecule has 1 aromatic carbocycles. The molecular weight excluding hydrogens is 250 g/mol. The molecule has 1 aromatic rings. The molecule has 6 heteroatoms. The second-order valence-electron chi connectivity index (χ2n) is 4.18. The van der Waals surface area contributed by atoms with Gasteiger partial charge in [-0.25, -0.2) is 0 Å². The minimum Gasteiger partial charge on any atom is -0.504 e. The maximum Gasteiger partial charge on any atom is 0.163 e. The van der Waals surface area contributed by atoms with Crippen LogP contribution in [-0.2, 0) is 0 Å². The van der Waals surface area contributed by atoms with Gasteiger partial charge in [0, 0.05) is 11.1 Å². The number of aliphatic hydroxyl groups is 2. The summed E-state index contributed by atoms with van der Waals surface area (Å²) >= 11 is 0. The van der Waals surface area contributed by atoms with Gasteiger partial charge in [0.25, 0.3) is 0 Å². The Morgan fingerprint density at radius 1 is 1.42 bits per heavy atom. The third-order valence-corrected chi connectivity index (χ3v) is 2.86. The van der Waals surface area contributed by atoms with Gasteiger partial charge in [-0.1, -0.05) is 0 Å². The number of benzene rings is 1. The van der Waals surface area contributed by atoms with Crippen molar-refractivity contribution in [1.82, 2.24) is 5.32 Å². The number of hydrogen-bond acceptors (Lipinski definition) is 6. The van der Waals surface area contributed by atoms with Gasteiger partial charge in [-0.2, -0.15) is 0 Å². The van der Waals surface area contributed by atoms with Crippen molar-refractivity contribution in [1.29, 1.82) is 0 Å². The molecule has 0 heterocycles. The molecule has 19 heavy (non-hydrogen) atoms. The first-order valence-corrected chi connectivity index (χ1v) is 5.92. The third kappa shape index (κ3) is 3.66. The first-order valence-electron chi connectivity index (χ1n) is 5.92. The van der Waals surface area contributed by atoms with E-state index in [1.165, 1.54) is 19.2 Å². The van der Waals surface area contributed by atoms with Crippen molar-refractivity contribution in [3.8, 4) is 11.5 Å². The SMILES string of the molecule is CNCCC(O)C(O)c1cc(C=O)cc(OC)c1O. The highest BCUT2D eigenvalue weighted by atomic mass is 16.5. The number of aromatic hydroxyl groups is 1. The topological polar surface area (TPSA) is 99.0 Å². The van der Waals surface area contributed by atoms with Crippen molar-refractivity contribution in [3.05, 3.63) is 23.3 Å². The highest BCUT2D eigenvalue weighted by molar-refractivity contribution is 5.77. The molecule has 0 saturated carbocycles. The van der Waals surface area contributed by atoms with E-state index in [9.17, 15) is 20.1 Å². The van der Waals surface area contributed by atoms with Gasteiger partial charge in [0.05, 0.1) is 13.2 Å². The van der Waals surface area contributed by atoms with Crippen molar-refractivity contribution in [2.45, 2.75) is 18.6 Å². The number of rotatable bonds is 7. The summed E-state index contributed by atoms with van der Waals surface area (Å²) in [6, 6.07) is 2.69. The number of carbonyl (C=O) groups excluding carboxylic acids is 1. The number of methoxy groups -OCH3 is 1. The number of ether oxygens (including phenoxy) is 1. The predicted octanol–water partition coefficient (Wildman–Crippen LogP) is 0.217. The lowest BCUT2D eigenvalue weighted by atomic mass is 9.98. The molecule has 0 aliphatic heterocycles. The summed E-state index contributed by atoms with van der Waals surface area (Å²) in [4.78, 5) is 10.8. The minimum atomic E-state index is -1.29. The molecule has 0 bridgehead atoms. The number of aldehydes is 1. The van der Waals surface area contributed by atoms with E-state index in [-0.39, 0.29) is 22.6 Å². The molecule has 0 aromatic heterocycles. The third-order valence-electron chi connectivity index (χ3n) is 2.86. The summed E-state index contributed by atoms with van der Waals surface area (Å²) < 4.78 is 4.93. The van der Waals surface area contributed by atoms with E-state index in [1.807, 2.05) is 0 Å². The fourth-order valence-corrected chi connectivity index (χ4v) is 1.76. The van der Waals surface area contributed by atoms with Crippen molar-refractivity contribution in [3.63, 3.8) is 0 Å². The number of hydrogen-bond donors (Lipinski definition) is 4. The molecule has 0 radical (unpaired) electrons. The van der Waals surface area contributed by atoms with Gasteiger partial charge in [0.15, 0.2) is 11.5 Å². The lowest BCUT2D eigenvalue weighted by molar-refractivity contribution is 0.0125. The maximum absolute atomic E-state index is 10.8. The summed E-state index contributed by atoms with van der Waals surface area (Å²) in [5.41, 5.74) is 0.328. The van der Waals surface area contributed by atoms with Crippen LogP contribution in [0.3, 0.4) is 0 Å². The fourth-order valence-electron chi connectivity index (χ4n) is 1.76. The Hall–Kier alpha value is -1.63. The molecule has 0 fully saturated rings. The van der Waals surface area contributed by atoms with Crippen LogP contribution in [0.2, 0.25) is 0 Å². The second-order valence-corrected chi connectivity index (χ2v) is 4.18. The van der Waals surface area contributed by atoms with Crippen molar-refractivity contribution < 1.29 is 24.9 Å². The molecule has 0 aliphatic rings. The Morgan fingerprint density at radius 3 is 2.63 bits per heavy atom. The van der Waals surface area contributed by atoms with E-state index in [4.69, 9.17) is 4.74 Å². The molecule has 2 atom stereocenters. The smallest absolute Gasteiger partial charge is 0.163 e. The van der Waals surface area contributed by atoms with Crippen LogP contribution in [0, 0.1) is 0 Å². The van der Waals surface area contributed by atoms with Gasteiger partial charge in [-0.05, 0) is 32.1 Å². The van der Waals surface area contributed by atoms with Gasteiger partial charge >= 0.3 is 0 Å². The van der Waals surface area contributed by atoms with Gasteiger partial charge in [-0.15, -0.1) is 0 Å². The van der Waals surface area contributed by atoms with Crippen LogP contribution < -0.4 is 10.1 Å². The monoisotopic (exact) mass is 269 g/mol. The van der Waals surface area contributed by atoms with E-state index < -0.39 is 12.2 Å². The van der Waals surface area contributed by atoms with Gasteiger partial charge in [0.1, 0.15) is 12.4 Å². The molecule has 4 N–H and O–H groups in total. The molecule has 1 rings (SSSR count). The van der Waals surface area contributed by atoms with Gasteiger partial charge in [-0.3, -0.25) is 4.79 Å². The first-order chi connectivity index (χ1) is 9.04. The number of aliphatic hydroxyl groups excluding tert-OH is 2. The molecule has 0 spiro atoms. The molecule has 106 valence electrons. The van der Waals surface area contributed by atoms with Crippen LogP contribution in [0.4, 0.5) is 0 Å². The number of nitrogens with one attached hydrogen (secondary N) is 1. The summed E-state index contributed by atoms with van der Waals surface area (Å²) in [6.07, 6.45) is -1.45. The highest BCUT2D eigenvalue weighted by Crippen LogP contribution is 2.36. The van der Waals surface area contributed by atoms with Crippen LogP contribution in [0.5, 0.6) is 11.5 Å². The van der Waals surface area contributed by atoms with Crippen LogP contribution in [0.25, 0.3) is 0 Å². The first kappa shape index (κ1) is 15.4. The summed E-state index contributed by atoms with van der Waals surface area (Å²) in [5, 5.41) is 32.6. The average molecular weight is 269 g/mol. The highest BCUT2D eigenvalue weighted by Gasteiger charge is 2.23. The Morgan fingerprint density at radius 2 is 2.11 bits per heavy atom. The van der Waals surface area contributed by atoms with E-state index in [0.717, 1.165) is 0 Å². The Kier molecular flexibility index (Phi) is 5.75. The summed E-state index contributed by atoms with van der Waals surface area (Å²) in [5.74, 6) is -0.191. The van der Waals surface area contributed by atoms with Gasteiger partial charge < -0.3 is 25.4 Å². The lowest BCUT2D eigenvalue weighted by Crippen LogP contribution is -2.23. The van der Waals surface area contributed by atoms with Crippen LogP contribution in [0.15, 0.2) is 12.1 Å². The zero-order valence-electron chi connectivity index (χ0n) is 11.0. The maximum atomic E-state index is 10.8. The van der Waals surface area contributed by atoms with E-state index in [0.29, 0.717) is 19.3 Å². The molecule has 0 aliphatic carbocycles. The number of phenols is 1. The lowest BCUT2D eigenvalue weighted by Gasteiger charge is -2.20. The molecule has 0 saturated heterocycles. The molecule has 0 amide bonds. The minimum absolute atomic E-state index is 0.0741. The predicted molar refractivity (Wildman–Crippen MR) is 69.6 cm³/mol. The largest absolute Gasteiger partial charge is 0.504 e. The standard InChI is InChI=1S/C13H19NO5/c1-14-4-3-10(16)12(17)9-5-8(7-15)6-11(19-2)13(9)18/h5-7,10,12,14,16-18H,3-4H2,1-2H3. The summed E-state index contributed by atoms with van der Waals surface area (Å²) in [7, 11) is 3.07. The van der Waals surface area contributed by atoms with Crippen molar-refractivity contribution in [2.24, 2.45) is 0 Å². The molecule has 2 unspecified atom stereocenters. The fraction of sp³-hybridized carbons (Fsp3) is 0.462. The van der Waals surface area contributed by atoms with Gasteiger partial charge in [0.2, 0.25) is 0 Å². The summed E-state index contributed by atoms with van der Waals surface area (Å²) in [6.45, 7) is 0.517.